The van der Waals surface area contributed by atoms with Gasteiger partial charge in [-0.3, -0.25) is 4.79 Å². The molecular weight excluding hydrogens is 368 g/mol. The standard InChI is InChI=1S/C24H22O3S/c1-2-27-23(25)21-22(17-11-5-3-6-12-17)28-20-16-10-9-15-19(20)24(21,26)18-13-7-4-8-14-18/h3-16,21-22,26H,2H2,1H3/t21-,22+,24-/m1/s1. The van der Waals surface area contributed by atoms with E-state index in [0.717, 1.165) is 16.0 Å². The number of carbonyl (C=O) groups is 1. The third-order valence-corrected chi connectivity index (χ3v) is 6.60. The maximum Gasteiger partial charge on any atom is 0.314 e. The molecule has 0 fully saturated rings. The van der Waals surface area contributed by atoms with E-state index in [1.807, 2.05) is 84.9 Å². The van der Waals surface area contributed by atoms with Gasteiger partial charge in [0.15, 0.2) is 0 Å². The number of hydrogen-bond acceptors (Lipinski definition) is 4. The zero-order valence-corrected chi connectivity index (χ0v) is 16.4. The van der Waals surface area contributed by atoms with Crippen molar-refractivity contribution >= 4 is 17.7 Å². The lowest BCUT2D eigenvalue weighted by atomic mass is 9.72. The number of ether oxygens (including phenoxy) is 1. The fraction of sp³-hybridized carbons (Fsp3) is 0.208. The summed E-state index contributed by atoms with van der Waals surface area (Å²) in [5.74, 6) is -1.15. The number of carbonyl (C=O) groups excluding carboxylic acids is 1. The van der Waals surface area contributed by atoms with Crippen molar-refractivity contribution in [1.29, 1.82) is 0 Å². The van der Waals surface area contributed by atoms with Gasteiger partial charge in [0, 0.05) is 10.5 Å². The third-order valence-electron chi connectivity index (χ3n) is 5.19. The molecule has 0 aromatic heterocycles. The van der Waals surface area contributed by atoms with Crippen LogP contribution in [0.15, 0.2) is 89.8 Å². The monoisotopic (exact) mass is 390 g/mol. The van der Waals surface area contributed by atoms with E-state index >= 15 is 0 Å². The second kappa shape index (κ2) is 7.82. The summed E-state index contributed by atoms with van der Waals surface area (Å²) < 4.78 is 5.45. The Kier molecular flexibility index (Phi) is 5.25. The van der Waals surface area contributed by atoms with Crippen LogP contribution in [0.5, 0.6) is 0 Å². The largest absolute Gasteiger partial charge is 0.466 e. The Labute approximate surface area is 169 Å². The molecule has 142 valence electrons. The molecule has 3 atom stereocenters. The molecule has 0 radical (unpaired) electrons. The molecule has 1 aliphatic rings. The molecule has 0 spiro atoms. The molecule has 1 aliphatic heterocycles. The smallest absolute Gasteiger partial charge is 0.314 e. The van der Waals surface area contributed by atoms with Gasteiger partial charge in [-0.15, -0.1) is 11.8 Å². The Bertz CT molecular complexity index is 958. The van der Waals surface area contributed by atoms with Gasteiger partial charge in [0.25, 0.3) is 0 Å². The van der Waals surface area contributed by atoms with Crippen molar-refractivity contribution in [3.05, 3.63) is 102 Å². The molecule has 0 saturated heterocycles. The third kappa shape index (κ3) is 3.13. The summed E-state index contributed by atoms with van der Waals surface area (Å²) in [4.78, 5) is 14.2. The van der Waals surface area contributed by atoms with Crippen LogP contribution < -0.4 is 0 Å². The minimum absolute atomic E-state index is 0.264. The molecule has 0 saturated carbocycles. The van der Waals surface area contributed by atoms with Crippen LogP contribution in [0.3, 0.4) is 0 Å². The van der Waals surface area contributed by atoms with Crippen molar-refractivity contribution in [3.8, 4) is 0 Å². The zero-order valence-electron chi connectivity index (χ0n) is 15.6. The molecule has 3 aromatic rings. The molecule has 1 heterocycles. The Morgan fingerprint density at radius 2 is 1.57 bits per heavy atom. The minimum atomic E-state index is -1.48. The van der Waals surface area contributed by atoms with Gasteiger partial charge in [-0.05, 0) is 24.1 Å². The maximum atomic E-state index is 13.2. The highest BCUT2D eigenvalue weighted by Gasteiger charge is 2.54. The highest BCUT2D eigenvalue weighted by Crippen LogP contribution is 2.57. The van der Waals surface area contributed by atoms with Crippen LogP contribution in [0.2, 0.25) is 0 Å². The van der Waals surface area contributed by atoms with E-state index in [1.54, 1.807) is 18.7 Å². The lowest BCUT2D eigenvalue weighted by Crippen LogP contribution is -2.46. The van der Waals surface area contributed by atoms with Gasteiger partial charge in [-0.1, -0.05) is 78.9 Å². The lowest BCUT2D eigenvalue weighted by molar-refractivity contribution is -0.157. The van der Waals surface area contributed by atoms with Gasteiger partial charge in [0.05, 0.1) is 11.9 Å². The summed E-state index contributed by atoms with van der Waals surface area (Å²) in [6.45, 7) is 2.06. The quantitative estimate of drug-likeness (QED) is 0.641. The number of hydrogen-bond donors (Lipinski definition) is 1. The van der Waals surface area contributed by atoms with Crippen molar-refractivity contribution in [2.75, 3.05) is 6.61 Å². The first-order valence-electron chi connectivity index (χ1n) is 9.42. The van der Waals surface area contributed by atoms with Crippen LogP contribution in [0.1, 0.15) is 28.9 Å². The average molecular weight is 391 g/mol. The number of benzene rings is 3. The Morgan fingerprint density at radius 1 is 0.964 bits per heavy atom. The lowest BCUT2D eigenvalue weighted by Gasteiger charge is -2.44. The van der Waals surface area contributed by atoms with Crippen molar-refractivity contribution in [2.24, 2.45) is 5.92 Å². The fourth-order valence-corrected chi connectivity index (χ4v) is 5.45. The second-order valence-corrected chi connectivity index (χ2v) is 7.99. The summed E-state index contributed by atoms with van der Waals surface area (Å²) in [5.41, 5.74) is 0.961. The van der Waals surface area contributed by atoms with E-state index in [2.05, 4.69) is 0 Å². The Morgan fingerprint density at radius 3 is 2.25 bits per heavy atom. The van der Waals surface area contributed by atoms with Crippen LogP contribution in [-0.4, -0.2) is 17.7 Å². The van der Waals surface area contributed by atoms with E-state index in [1.165, 1.54) is 0 Å². The van der Waals surface area contributed by atoms with Gasteiger partial charge in [-0.2, -0.15) is 0 Å². The Hall–Kier alpha value is -2.56. The van der Waals surface area contributed by atoms with E-state index in [0.29, 0.717) is 5.56 Å². The molecule has 0 aliphatic carbocycles. The van der Waals surface area contributed by atoms with E-state index in [4.69, 9.17) is 4.74 Å². The van der Waals surface area contributed by atoms with E-state index in [-0.39, 0.29) is 17.8 Å². The van der Waals surface area contributed by atoms with Crippen LogP contribution in [-0.2, 0) is 15.1 Å². The summed E-state index contributed by atoms with van der Waals surface area (Å²) in [7, 11) is 0. The molecule has 0 unspecified atom stereocenters. The summed E-state index contributed by atoms with van der Waals surface area (Å²) in [6, 6.07) is 27.1. The molecule has 4 rings (SSSR count). The van der Waals surface area contributed by atoms with Gasteiger partial charge >= 0.3 is 5.97 Å². The summed E-state index contributed by atoms with van der Waals surface area (Å²) >= 11 is 1.61. The van der Waals surface area contributed by atoms with E-state index in [9.17, 15) is 9.90 Å². The predicted octanol–water partition coefficient (Wildman–Crippen LogP) is 4.95. The first-order valence-corrected chi connectivity index (χ1v) is 10.3. The molecule has 4 heteroatoms. The fourth-order valence-electron chi connectivity index (χ4n) is 3.93. The van der Waals surface area contributed by atoms with Crippen LogP contribution in [0.4, 0.5) is 0 Å². The molecule has 1 N–H and O–H groups in total. The van der Waals surface area contributed by atoms with Gasteiger partial charge in [0.2, 0.25) is 0 Å². The van der Waals surface area contributed by atoms with Gasteiger partial charge < -0.3 is 9.84 Å². The predicted molar refractivity (Wildman–Crippen MR) is 111 cm³/mol. The second-order valence-electron chi connectivity index (χ2n) is 6.81. The zero-order chi connectivity index (χ0) is 19.6. The number of fused-ring (bicyclic) bond motifs is 1. The van der Waals surface area contributed by atoms with Crippen molar-refractivity contribution < 1.29 is 14.6 Å². The number of rotatable bonds is 4. The van der Waals surface area contributed by atoms with Gasteiger partial charge in [-0.25, -0.2) is 0 Å². The minimum Gasteiger partial charge on any atom is -0.466 e. The molecule has 3 aromatic carbocycles. The van der Waals surface area contributed by atoms with Crippen LogP contribution in [0.25, 0.3) is 0 Å². The van der Waals surface area contributed by atoms with Gasteiger partial charge in [0.1, 0.15) is 11.5 Å². The molecular formula is C24H22O3S. The maximum absolute atomic E-state index is 13.2. The SMILES string of the molecule is CCOC(=O)[C@H]1[C@H](c2ccccc2)Sc2ccccc2[C@]1(O)c1ccccc1. The normalized spacial score (nSPS) is 23.6. The first-order chi connectivity index (χ1) is 13.7. The number of thioether (sulfide) groups is 1. The van der Waals surface area contributed by atoms with E-state index < -0.39 is 11.5 Å². The average Bonchev–Trinajstić information content (AvgIpc) is 2.75. The van der Waals surface area contributed by atoms with Crippen molar-refractivity contribution in [2.45, 2.75) is 22.7 Å². The van der Waals surface area contributed by atoms with Crippen LogP contribution >= 0.6 is 11.8 Å². The topological polar surface area (TPSA) is 46.5 Å². The molecule has 28 heavy (non-hydrogen) atoms. The number of aliphatic hydroxyl groups is 1. The first kappa shape index (κ1) is 18.8. The molecule has 0 amide bonds. The van der Waals surface area contributed by atoms with Crippen molar-refractivity contribution in [1.82, 2.24) is 0 Å². The highest BCUT2D eigenvalue weighted by atomic mass is 32.2. The Balaban J connectivity index is 1.97. The summed E-state index contributed by atoms with van der Waals surface area (Å²) in [5, 5.41) is 11.9. The van der Waals surface area contributed by atoms with Crippen LogP contribution in [0, 0.1) is 5.92 Å². The molecule has 3 nitrogen and oxygen atoms in total. The summed E-state index contributed by atoms with van der Waals surface area (Å²) in [6.07, 6.45) is 0. The van der Waals surface area contributed by atoms with Crippen molar-refractivity contribution in [3.63, 3.8) is 0 Å². The molecule has 0 bridgehead atoms. The number of esters is 1. The highest BCUT2D eigenvalue weighted by molar-refractivity contribution is 7.99.